The number of nitrogens with zero attached hydrogens (tertiary/aromatic N) is 5. The first-order chi connectivity index (χ1) is 17.0. The summed E-state index contributed by atoms with van der Waals surface area (Å²) >= 11 is 12.5. The number of nitrogens with one attached hydrogen (secondary N) is 1. The molecule has 0 bridgehead atoms. The van der Waals surface area contributed by atoms with Gasteiger partial charge in [-0.05, 0) is 29.3 Å². The Kier molecular flexibility index (Phi) is 6.57. The van der Waals surface area contributed by atoms with E-state index in [4.69, 9.17) is 27.9 Å². The Bertz CT molecular complexity index is 1470. The fraction of sp³-hybridized carbons (Fsp3) is 0.160. The number of aromatic nitrogens is 5. The predicted molar refractivity (Wildman–Crippen MR) is 135 cm³/mol. The van der Waals surface area contributed by atoms with Crippen molar-refractivity contribution in [3.8, 4) is 5.75 Å². The van der Waals surface area contributed by atoms with E-state index in [0.29, 0.717) is 22.5 Å². The van der Waals surface area contributed by atoms with E-state index in [1.807, 2.05) is 33.9 Å². The van der Waals surface area contributed by atoms with Gasteiger partial charge in [-0.2, -0.15) is 5.10 Å². The normalized spacial score (nSPS) is 11.2. The van der Waals surface area contributed by atoms with Crippen LogP contribution >= 0.6 is 23.2 Å². The second-order valence-corrected chi connectivity index (χ2v) is 8.78. The van der Waals surface area contributed by atoms with Crippen molar-refractivity contribution in [2.24, 2.45) is 0 Å². The zero-order chi connectivity index (χ0) is 24.4. The van der Waals surface area contributed by atoms with Gasteiger partial charge in [-0.3, -0.25) is 4.68 Å². The molecule has 5 aromatic rings. The van der Waals surface area contributed by atoms with Crippen LogP contribution in [0.4, 0.5) is 10.2 Å². The summed E-state index contributed by atoms with van der Waals surface area (Å²) < 4.78 is 23.6. The number of hydrogen-bond acceptors (Lipinski definition) is 5. The quantitative estimate of drug-likeness (QED) is 0.286. The smallest absolute Gasteiger partial charge is 0.171 e. The maximum atomic E-state index is 14.7. The van der Waals surface area contributed by atoms with E-state index in [1.54, 1.807) is 12.3 Å². The topological polar surface area (TPSA) is 69.8 Å². The van der Waals surface area contributed by atoms with Crippen LogP contribution in [0.3, 0.4) is 0 Å². The fourth-order valence-electron chi connectivity index (χ4n) is 3.89. The molecule has 0 saturated carbocycles. The molecular formula is C25H21Cl2FN6O. The van der Waals surface area contributed by atoms with Gasteiger partial charge in [0.15, 0.2) is 22.5 Å². The largest absolute Gasteiger partial charge is 0.494 e. The molecule has 0 aliphatic rings. The molecule has 0 aliphatic carbocycles. The Morgan fingerprint density at radius 1 is 0.971 bits per heavy atom. The maximum absolute atomic E-state index is 14.7. The van der Waals surface area contributed by atoms with Crippen LogP contribution in [0.15, 0.2) is 67.3 Å². The van der Waals surface area contributed by atoms with Crippen LogP contribution in [0.2, 0.25) is 10.2 Å². The van der Waals surface area contributed by atoms with E-state index < -0.39 is 5.82 Å². The first-order valence-corrected chi connectivity index (χ1v) is 11.6. The van der Waals surface area contributed by atoms with Crippen molar-refractivity contribution in [2.75, 3.05) is 12.4 Å². The highest BCUT2D eigenvalue weighted by Gasteiger charge is 2.16. The summed E-state index contributed by atoms with van der Waals surface area (Å²) in [5, 5.41) is 17.7. The highest BCUT2D eigenvalue weighted by atomic mass is 35.5. The zero-order valence-corrected chi connectivity index (χ0v) is 20.3. The van der Waals surface area contributed by atoms with Gasteiger partial charge in [0.05, 0.1) is 13.7 Å². The van der Waals surface area contributed by atoms with Gasteiger partial charge in [0.2, 0.25) is 0 Å². The molecule has 0 fully saturated rings. The SMILES string of the molecule is COc1ccc(Cl)c(CNc2nnc(Cl)c3cn(Cc4ccc(Cn5cccn5)cc4)cc23)c1F. The summed E-state index contributed by atoms with van der Waals surface area (Å²) in [4.78, 5) is 0. The third-order valence-electron chi connectivity index (χ3n) is 5.69. The van der Waals surface area contributed by atoms with Crippen molar-refractivity contribution in [1.29, 1.82) is 0 Å². The van der Waals surface area contributed by atoms with Crippen molar-refractivity contribution in [1.82, 2.24) is 24.5 Å². The van der Waals surface area contributed by atoms with Crippen LogP contribution < -0.4 is 10.1 Å². The Hall–Kier alpha value is -3.62. The molecule has 0 saturated heterocycles. The van der Waals surface area contributed by atoms with Gasteiger partial charge in [0.1, 0.15) is 0 Å². The van der Waals surface area contributed by atoms with Crippen LogP contribution in [-0.2, 0) is 19.6 Å². The molecule has 0 unspecified atom stereocenters. The lowest BCUT2D eigenvalue weighted by Crippen LogP contribution is -2.06. The molecular weight excluding hydrogens is 490 g/mol. The van der Waals surface area contributed by atoms with E-state index in [-0.39, 0.29) is 17.9 Å². The second kappa shape index (κ2) is 9.93. The summed E-state index contributed by atoms with van der Waals surface area (Å²) in [6, 6.07) is 13.4. The number of hydrogen-bond donors (Lipinski definition) is 1. The molecule has 35 heavy (non-hydrogen) atoms. The molecule has 3 heterocycles. The van der Waals surface area contributed by atoms with E-state index in [0.717, 1.165) is 22.9 Å². The number of methoxy groups -OCH3 is 1. The summed E-state index contributed by atoms with van der Waals surface area (Å²) in [5.41, 5.74) is 2.58. The van der Waals surface area contributed by atoms with Crippen molar-refractivity contribution < 1.29 is 9.13 Å². The maximum Gasteiger partial charge on any atom is 0.171 e. The summed E-state index contributed by atoms with van der Waals surface area (Å²) in [7, 11) is 1.41. The Balaban J connectivity index is 1.35. The van der Waals surface area contributed by atoms with Crippen LogP contribution in [-0.4, -0.2) is 31.7 Å². The average Bonchev–Trinajstić information content (AvgIpc) is 3.52. The summed E-state index contributed by atoms with van der Waals surface area (Å²) in [6.45, 7) is 1.47. The molecule has 0 atom stereocenters. The number of rotatable bonds is 8. The molecule has 0 aliphatic heterocycles. The number of ether oxygens (including phenoxy) is 1. The number of fused-ring (bicyclic) bond motifs is 1. The highest BCUT2D eigenvalue weighted by Crippen LogP contribution is 2.30. The first-order valence-electron chi connectivity index (χ1n) is 10.8. The molecule has 0 spiro atoms. The summed E-state index contributed by atoms with van der Waals surface area (Å²) in [6.07, 6.45) is 7.58. The first kappa shape index (κ1) is 23.1. The lowest BCUT2D eigenvalue weighted by Gasteiger charge is -2.11. The van der Waals surface area contributed by atoms with E-state index in [1.165, 1.54) is 18.7 Å². The summed E-state index contributed by atoms with van der Waals surface area (Å²) in [5.74, 6) is 0.0931. The number of benzene rings is 2. The molecule has 2 aromatic carbocycles. The van der Waals surface area contributed by atoms with E-state index >= 15 is 0 Å². The highest BCUT2D eigenvalue weighted by molar-refractivity contribution is 6.34. The van der Waals surface area contributed by atoms with Gasteiger partial charge in [-0.1, -0.05) is 47.5 Å². The third-order valence-corrected chi connectivity index (χ3v) is 6.32. The molecule has 5 rings (SSSR count). The minimum absolute atomic E-state index is 0.107. The minimum atomic E-state index is -0.515. The molecule has 7 nitrogen and oxygen atoms in total. The van der Waals surface area contributed by atoms with Gasteiger partial charge in [-0.25, -0.2) is 4.39 Å². The van der Waals surface area contributed by atoms with Gasteiger partial charge >= 0.3 is 0 Å². The van der Waals surface area contributed by atoms with Crippen molar-refractivity contribution in [3.63, 3.8) is 0 Å². The molecule has 0 radical (unpaired) electrons. The lowest BCUT2D eigenvalue weighted by molar-refractivity contribution is 0.384. The number of halogens is 3. The second-order valence-electron chi connectivity index (χ2n) is 8.01. The Labute approximate surface area is 211 Å². The van der Waals surface area contributed by atoms with E-state index in [9.17, 15) is 4.39 Å². The molecule has 178 valence electrons. The molecule has 10 heteroatoms. The van der Waals surface area contributed by atoms with Gasteiger partial charge in [-0.15, -0.1) is 10.2 Å². The fourth-order valence-corrected chi connectivity index (χ4v) is 4.30. The minimum Gasteiger partial charge on any atom is -0.494 e. The van der Waals surface area contributed by atoms with Crippen molar-refractivity contribution >= 4 is 39.8 Å². The standard InChI is InChI=1S/C25H21Cl2FN6O/c1-35-22-8-7-21(26)18(23(22)28)11-29-25-20-15-33(14-19(20)24(27)31-32-25)12-16-3-5-17(6-4-16)13-34-10-2-9-30-34/h2-10,14-15H,11-13H2,1H3,(H,29,32). The number of anilines is 1. The monoisotopic (exact) mass is 510 g/mol. The van der Waals surface area contributed by atoms with Crippen LogP contribution in [0.5, 0.6) is 5.75 Å². The van der Waals surface area contributed by atoms with Crippen LogP contribution in [0.1, 0.15) is 16.7 Å². The third kappa shape index (κ3) is 4.94. The molecule has 1 N–H and O–H groups in total. The van der Waals surface area contributed by atoms with Crippen molar-refractivity contribution in [2.45, 2.75) is 19.6 Å². The lowest BCUT2D eigenvalue weighted by atomic mass is 10.1. The van der Waals surface area contributed by atoms with Crippen LogP contribution in [0.25, 0.3) is 10.8 Å². The van der Waals surface area contributed by atoms with Gasteiger partial charge < -0.3 is 14.6 Å². The van der Waals surface area contributed by atoms with Gasteiger partial charge in [0, 0.05) is 59.2 Å². The molecule has 3 aromatic heterocycles. The van der Waals surface area contributed by atoms with E-state index in [2.05, 4.69) is 44.9 Å². The Morgan fingerprint density at radius 3 is 2.43 bits per heavy atom. The predicted octanol–water partition coefficient (Wildman–Crippen LogP) is 5.79. The van der Waals surface area contributed by atoms with Gasteiger partial charge in [0.25, 0.3) is 0 Å². The van der Waals surface area contributed by atoms with Crippen LogP contribution in [0, 0.1) is 5.82 Å². The average molecular weight is 511 g/mol. The van der Waals surface area contributed by atoms with Crippen molar-refractivity contribution in [3.05, 3.63) is 99.9 Å². The Morgan fingerprint density at radius 2 is 1.71 bits per heavy atom. The zero-order valence-electron chi connectivity index (χ0n) is 18.8. The molecule has 0 amide bonds.